The van der Waals surface area contributed by atoms with Crippen LogP contribution in [0.4, 0.5) is 10.5 Å². The van der Waals surface area contributed by atoms with E-state index in [0.717, 1.165) is 19.3 Å². The van der Waals surface area contributed by atoms with E-state index in [1.165, 1.54) is 11.1 Å². The molecule has 0 spiro atoms. The number of nitrogens with one attached hydrogen (secondary N) is 1. The third kappa shape index (κ3) is 3.16. The van der Waals surface area contributed by atoms with Gasteiger partial charge in [0.1, 0.15) is 5.60 Å². The van der Waals surface area contributed by atoms with Gasteiger partial charge in [-0.05, 0) is 63.3 Å². The van der Waals surface area contributed by atoms with Gasteiger partial charge in [-0.1, -0.05) is 11.6 Å². The molecule has 0 atom stereocenters. The predicted molar refractivity (Wildman–Crippen MR) is 73.3 cm³/mol. The number of carbonyl (C=O) groups excluding carboxylic acids is 1. The quantitative estimate of drug-likeness (QED) is 0.829. The summed E-state index contributed by atoms with van der Waals surface area (Å²) >= 11 is 6.15. The lowest BCUT2D eigenvalue weighted by Gasteiger charge is -2.20. The van der Waals surface area contributed by atoms with Gasteiger partial charge in [-0.25, -0.2) is 4.79 Å². The average molecular weight is 268 g/mol. The first-order chi connectivity index (χ1) is 8.35. The zero-order valence-electron chi connectivity index (χ0n) is 11.0. The third-order valence-electron chi connectivity index (χ3n) is 2.82. The minimum atomic E-state index is -0.507. The molecule has 1 amide bonds. The standard InChI is InChI=1S/C14H18ClNO2/c1-14(2,3)18-13(17)16-12-8-10-6-4-5-9(10)7-11(12)15/h7-8H,4-6H2,1-3H3,(H,16,17). The summed E-state index contributed by atoms with van der Waals surface area (Å²) in [5, 5.41) is 3.27. The maximum Gasteiger partial charge on any atom is 0.412 e. The van der Waals surface area contributed by atoms with Crippen molar-refractivity contribution in [3.63, 3.8) is 0 Å². The lowest BCUT2D eigenvalue weighted by atomic mass is 10.1. The number of hydrogen-bond acceptors (Lipinski definition) is 2. The Morgan fingerprint density at radius 3 is 2.50 bits per heavy atom. The largest absolute Gasteiger partial charge is 0.444 e. The molecule has 0 aliphatic heterocycles. The molecule has 1 aromatic carbocycles. The molecule has 0 radical (unpaired) electrons. The van der Waals surface area contributed by atoms with Gasteiger partial charge >= 0.3 is 6.09 Å². The van der Waals surface area contributed by atoms with Gasteiger partial charge < -0.3 is 4.74 Å². The van der Waals surface area contributed by atoms with Crippen LogP contribution in [-0.2, 0) is 17.6 Å². The van der Waals surface area contributed by atoms with E-state index in [-0.39, 0.29) is 0 Å². The van der Waals surface area contributed by atoms with Crippen molar-refractivity contribution in [3.8, 4) is 0 Å². The molecule has 1 aliphatic carbocycles. The molecule has 0 fully saturated rings. The van der Waals surface area contributed by atoms with Crippen LogP contribution in [0, 0.1) is 0 Å². The molecule has 0 bridgehead atoms. The molecule has 0 saturated carbocycles. The molecule has 1 aromatic rings. The fourth-order valence-electron chi connectivity index (χ4n) is 2.10. The fraction of sp³-hybridized carbons (Fsp3) is 0.500. The van der Waals surface area contributed by atoms with Crippen LogP contribution in [0.25, 0.3) is 0 Å². The summed E-state index contributed by atoms with van der Waals surface area (Å²) in [4.78, 5) is 11.7. The van der Waals surface area contributed by atoms with E-state index in [2.05, 4.69) is 5.32 Å². The van der Waals surface area contributed by atoms with Gasteiger partial charge in [0.05, 0.1) is 10.7 Å². The number of fused-ring (bicyclic) bond motifs is 1. The van der Waals surface area contributed by atoms with Crippen molar-refractivity contribution in [3.05, 3.63) is 28.3 Å². The summed E-state index contributed by atoms with van der Waals surface area (Å²) in [6, 6.07) is 3.89. The SMILES string of the molecule is CC(C)(C)OC(=O)Nc1cc2c(cc1Cl)CCC2. The second-order valence-electron chi connectivity index (χ2n) is 5.58. The maximum atomic E-state index is 11.7. The summed E-state index contributed by atoms with van der Waals surface area (Å²) in [5.74, 6) is 0. The van der Waals surface area contributed by atoms with Crippen molar-refractivity contribution in [1.29, 1.82) is 0 Å². The number of halogens is 1. The number of amides is 1. The number of rotatable bonds is 1. The molecular formula is C14H18ClNO2. The number of benzene rings is 1. The molecular weight excluding hydrogens is 250 g/mol. The van der Waals surface area contributed by atoms with Crippen molar-refractivity contribution < 1.29 is 9.53 Å². The summed E-state index contributed by atoms with van der Waals surface area (Å²) < 4.78 is 5.21. The minimum Gasteiger partial charge on any atom is -0.444 e. The van der Waals surface area contributed by atoms with Crippen LogP contribution in [0.1, 0.15) is 38.3 Å². The first-order valence-corrected chi connectivity index (χ1v) is 6.54. The molecule has 4 heteroatoms. The van der Waals surface area contributed by atoms with E-state index < -0.39 is 11.7 Å². The molecule has 0 unspecified atom stereocenters. The molecule has 98 valence electrons. The molecule has 0 aromatic heterocycles. The van der Waals surface area contributed by atoms with Crippen molar-refractivity contribution >= 4 is 23.4 Å². The van der Waals surface area contributed by atoms with E-state index >= 15 is 0 Å². The van der Waals surface area contributed by atoms with Gasteiger partial charge in [0.2, 0.25) is 0 Å². The minimum absolute atomic E-state index is 0.470. The van der Waals surface area contributed by atoms with Crippen molar-refractivity contribution in [2.24, 2.45) is 0 Å². The number of aryl methyl sites for hydroxylation is 2. The zero-order valence-corrected chi connectivity index (χ0v) is 11.7. The Morgan fingerprint density at radius 1 is 1.28 bits per heavy atom. The van der Waals surface area contributed by atoms with E-state index in [1.807, 2.05) is 32.9 Å². The third-order valence-corrected chi connectivity index (χ3v) is 3.13. The Labute approximate surface area is 112 Å². The normalized spacial score (nSPS) is 14.2. The second-order valence-corrected chi connectivity index (χ2v) is 5.99. The number of anilines is 1. The second kappa shape index (κ2) is 4.81. The van der Waals surface area contributed by atoms with Gasteiger partial charge in [0, 0.05) is 0 Å². The Hall–Kier alpha value is -1.22. The Morgan fingerprint density at radius 2 is 1.89 bits per heavy atom. The maximum absolute atomic E-state index is 11.7. The van der Waals surface area contributed by atoms with Crippen LogP contribution < -0.4 is 5.32 Å². The highest BCUT2D eigenvalue weighted by Gasteiger charge is 2.19. The topological polar surface area (TPSA) is 38.3 Å². The summed E-state index contributed by atoms with van der Waals surface area (Å²) in [6.07, 6.45) is 2.81. The van der Waals surface area contributed by atoms with Crippen LogP contribution in [0.2, 0.25) is 5.02 Å². The monoisotopic (exact) mass is 267 g/mol. The molecule has 2 rings (SSSR count). The molecule has 0 saturated heterocycles. The predicted octanol–water partition coefficient (Wildman–Crippen LogP) is 4.18. The highest BCUT2D eigenvalue weighted by atomic mass is 35.5. The number of carbonyl (C=O) groups is 1. The Bertz CT molecular complexity index is 477. The van der Waals surface area contributed by atoms with Crippen molar-refractivity contribution in [2.75, 3.05) is 5.32 Å². The van der Waals surface area contributed by atoms with Crippen LogP contribution in [-0.4, -0.2) is 11.7 Å². The first kappa shape index (κ1) is 13.2. The highest BCUT2D eigenvalue weighted by Crippen LogP contribution is 2.31. The number of ether oxygens (including phenoxy) is 1. The van der Waals surface area contributed by atoms with Crippen LogP contribution in [0.15, 0.2) is 12.1 Å². The Kier molecular flexibility index (Phi) is 3.53. The van der Waals surface area contributed by atoms with Gasteiger partial charge in [-0.15, -0.1) is 0 Å². The lowest BCUT2D eigenvalue weighted by molar-refractivity contribution is 0.0636. The molecule has 1 aliphatic rings. The highest BCUT2D eigenvalue weighted by molar-refractivity contribution is 6.33. The smallest absolute Gasteiger partial charge is 0.412 e. The zero-order chi connectivity index (χ0) is 13.3. The van der Waals surface area contributed by atoms with Crippen LogP contribution >= 0.6 is 11.6 Å². The summed E-state index contributed by atoms with van der Waals surface area (Å²) in [7, 11) is 0. The van der Waals surface area contributed by atoms with E-state index in [4.69, 9.17) is 16.3 Å². The molecule has 1 N–H and O–H groups in total. The van der Waals surface area contributed by atoms with Crippen LogP contribution in [0.3, 0.4) is 0 Å². The fourth-order valence-corrected chi connectivity index (χ4v) is 2.34. The van der Waals surface area contributed by atoms with E-state index in [0.29, 0.717) is 10.7 Å². The van der Waals surface area contributed by atoms with Gasteiger partial charge in [-0.3, -0.25) is 5.32 Å². The molecule has 0 heterocycles. The van der Waals surface area contributed by atoms with Gasteiger partial charge in [0.25, 0.3) is 0 Å². The average Bonchev–Trinajstić information content (AvgIpc) is 2.62. The lowest BCUT2D eigenvalue weighted by Crippen LogP contribution is -2.27. The van der Waals surface area contributed by atoms with Crippen molar-refractivity contribution in [2.45, 2.75) is 45.6 Å². The van der Waals surface area contributed by atoms with Crippen LogP contribution in [0.5, 0.6) is 0 Å². The van der Waals surface area contributed by atoms with Crippen molar-refractivity contribution in [1.82, 2.24) is 0 Å². The Balaban J connectivity index is 2.12. The van der Waals surface area contributed by atoms with Gasteiger partial charge in [-0.2, -0.15) is 0 Å². The van der Waals surface area contributed by atoms with Gasteiger partial charge in [0.15, 0.2) is 0 Å². The van der Waals surface area contributed by atoms with E-state index in [9.17, 15) is 4.79 Å². The molecule has 18 heavy (non-hydrogen) atoms. The first-order valence-electron chi connectivity index (χ1n) is 6.16. The summed E-state index contributed by atoms with van der Waals surface area (Å²) in [5.41, 5.74) is 2.68. The molecule has 3 nitrogen and oxygen atoms in total. The number of hydrogen-bond donors (Lipinski definition) is 1. The summed E-state index contributed by atoms with van der Waals surface area (Å²) in [6.45, 7) is 5.49. The van der Waals surface area contributed by atoms with E-state index in [1.54, 1.807) is 0 Å².